The van der Waals surface area contributed by atoms with E-state index in [0.29, 0.717) is 0 Å². The van der Waals surface area contributed by atoms with E-state index < -0.39 is 90.3 Å². The smallest absolute Gasteiger partial charge is 0.387 e. The van der Waals surface area contributed by atoms with Crippen LogP contribution in [-0.2, 0) is 37.1 Å². The summed E-state index contributed by atoms with van der Waals surface area (Å²) in [6.45, 7) is -1.81. The molecule has 0 aliphatic carbocycles. The molecule has 2 rings (SSSR count). The quantitative estimate of drug-likeness (QED) is 0.131. The van der Waals surface area contributed by atoms with Crippen molar-refractivity contribution in [1.82, 2.24) is 0 Å². The molecule has 32 heavy (non-hydrogen) atoms. The Morgan fingerprint density at radius 1 is 0.688 bits per heavy atom. The maximum absolute atomic E-state index is 11.0. The van der Waals surface area contributed by atoms with Crippen LogP contribution in [-0.4, -0.2) is 127 Å². The van der Waals surface area contributed by atoms with Crippen LogP contribution in [0.2, 0.25) is 0 Å². The van der Waals surface area contributed by atoms with Crippen molar-refractivity contribution in [2.24, 2.45) is 0 Å². The van der Waals surface area contributed by atoms with Gasteiger partial charge in [-0.2, -0.15) is 0 Å². The van der Waals surface area contributed by atoms with E-state index in [-0.39, 0.29) is 0 Å². The molecule has 0 unspecified atom stereocenters. The molecule has 190 valence electrons. The summed E-state index contributed by atoms with van der Waals surface area (Å²) in [7, 11) is -8.87. The molecule has 2 fully saturated rings. The largest absolute Gasteiger partial charge is 0.469 e. The first-order valence-corrected chi connectivity index (χ1v) is 12.0. The van der Waals surface area contributed by atoms with E-state index in [9.17, 15) is 34.7 Å². The number of hydrogen-bond acceptors (Lipinski definition) is 13. The lowest BCUT2D eigenvalue weighted by atomic mass is 9.97. The van der Waals surface area contributed by atoms with Crippen LogP contribution in [0.15, 0.2) is 0 Å². The van der Waals surface area contributed by atoms with Gasteiger partial charge in [-0.05, 0) is 0 Å². The van der Waals surface area contributed by atoms with Crippen LogP contribution in [0, 0.1) is 0 Å². The number of methoxy groups -OCH3 is 1. The summed E-state index contributed by atoms with van der Waals surface area (Å²) >= 11 is 0. The number of ether oxygens (including phenoxy) is 4. The monoisotopic (exact) mass is 516 g/mol. The Morgan fingerprint density at radius 2 is 1.16 bits per heavy atom. The fourth-order valence-electron chi connectivity index (χ4n) is 3.07. The normalized spacial score (nSPS) is 41.6. The maximum atomic E-state index is 11.0. The summed E-state index contributed by atoms with van der Waals surface area (Å²) in [6.07, 6.45) is -17.5. The predicted octanol–water partition coefficient (Wildman–Crippen LogP) is -4.51. The Kier molecular flexibility index (Phi) is 9.72. The van der Waals surface area contributed by atoms with Crippen LogP contribution in [0.4, 0.5) is 0 Å². The van der Waals surface area contributed by atoms with E-state index in [1.54, 1.807) is 0 Å². The van der Waals surface area contributed by atoms with Crippen molar-refractivity contribution in [2.45, 2.75) is 61.4 Å². The van der Waals surface area contributed by atoms with E-state index in [1.165, 1.54) is 0 Å². The molecule has 2 saturated heterocycles. The molecule has 2 aliphatic rings. The molecule has 0 aromatic rings. The van der Waals surface area contributed by atoms with Crippen molar-refractivity contribution < 1.29 is 82.2 Å². The Hall–Kier alpha value is -0.140. The molecule has 0 amide bonds. The summed E-state index contributed by atoms with van der Waals surface area (Å²) in [5, 5.41) is 50.6. The summed E-state index contributed by atoms with van der Waals surface area (Å²) in [5.41, 5.74) is 0. The second-order valence-electron chi connectivity index (χ2n) is 6.95. The number of aliphatic hydroxyl groups excluding tert-OH is 5. The zero-order valence-corrected chi connectivity index (χ0v) is 18.2. The average Bonchev–Trinajstić information content (AvgIpc) is 2.68. The fraction of sp³-hybridized carbons (Fsp3) is 1.00. The van der Waals surface area contributed by atoms with Crippen molar-refractivity contribution in [2.75, 3.05) is 20.3 Å². The minimum Gasteiger partial charge on any atom is -0.387 e. The van der Waals surface area contributed by atoms with Gasteiger partial charge in [0.15, 0.2) is 12.6 Å². The SMILES string of the molecule is CO[C@@H]1O[C@H](COP(=O)(O)O)[C@@H](O[C@H]2O[C@H](COP(=O)(O)O)[C@@H](O)[C@H](O)[C@H]2O)[C@H](O)[C@H]1O. The summed E-state index contributed by atoms with van der Waals surface area (Å²) < 4.78 is 51.1. The van der Waals surface area contributed by atoms with Crippen LogP contribution >= 0.6 is 15.6 Å². The topological polar surface area (TPSA) is 272 Å². The first-order chi connectivity index (χ1) is 14.6. The Labute approximate surface area is 180 Å². The van der Waals surface area contributed by atoms with Gasteiger partial charge in [-0.1, -0.05) is 0 Å². The highest BCUT2D eigenvalue weighted by molar-refractivity contribution is 7.46. The lowest BCUT2D eigenvalue weighted by molar-refractivity contribution is -0.356. The van der Waals surface area contributed by atoms with E-state index in [1.807, 2.05) is 0 Å². The lowest BCUT2D eigenvalue weighted by Gasteiger charge is -2.46. The van der Waals surface area contributed by atoms with Gasteiger partial charge in [-0.15, -0.1) is 0 Å². The zero-order chi connectivity index (χ0) is 24.4. The first kappa shape index (κ1) is 28.1. The highest BCUT2D eigenvalue weighted by atomic mass is 31.2. The molecule has 9 N–H and O–H groups in total. The first-order valence-electron chi connectivity index (χ1n) is 8.94. The number of phosphoric ester groups is 2. The van der Waals surface area contributed by atoms with Crippen LogP contribution in [0.1, 0.15) is 0 Å². The third-order valence-electron chi connectivity index (χ3n) is 4.65. The minimum atomic E-state index is -4.99. The van der Waals surface area contributed by atoms with Crippen LogP contribution in [0.3, 0.4) is 0 Å². The van der Waals surface area contributed by atoms with E-state index in [4.69, 9.17) is 38.5 Å². The highest BCUT2D eigenvalue weighted by Gasteiger charge is 2.51. The van der Waals surface area contributed by atoms with E-state index in [2.05, 4.69) is 9.05 Å². The van der Waals surface area contributed by atoms with Crippen LogP contribution in [0.5, 0.6) is 0 Å². The Balaban J connectivity index is 2.19. The minimum absolute atomic E-state index is 0.878. The van der Waals surface area contributed by atoms with Gasteiger partial charge in [-0.3, -0.25) is 9.05 Å². The van der Waals surface area contributed by atoms with Crippen molar-refractivity contribution in [3.8, 4) is 0 Å². The van der Waals surface area contributed by atoms with Gasteiger partial charge in [0.05, 0.1) is 13.2 Å². The second kappa shape index (κ2) is 11.1. The fourth-order valence-corrected chi connectivity index (χ4v) is 3.75. The predicted molar refractivity (Wildman–Crippen MR) is 95.2 cm³/mol. The number of rotatable bonds is 9. The Bertz CT molecular complexity index is 696. The van der Waals surface area contributed by atoms with E-state index >= 15 is 0 Å². The second-order valence-corrected chi connectivity index (χ2v) is 9.43. The number of phosphoric acid groups is 2. The molecule has 0 bridgehead atoms. The zero-order valence-electron chi connectivity index (χ0n) is 16.4. The van der Waals surface area contributed by atoms with Crippen molar-refractivity contribution in [3.63, 3.8) is 0 Å². The van der Waals surface area contributed by atoms with Gasteiger partial charge in [-0.25, -0.2) is 9.13 Å². The molecule has 2 heterocycles. The molecule has 10 atom stereocenters. The highest BCUT2D eigenvalue weighted by Crippen LogP contribution is 2.39. The van der Waals surface area contributed by atoms with Crippen molar-refractivity contribution in [1.29, 1.82) is 0 Å². The average molecular weight is 516 g/mol. The van der Waals surface area contributed by atoms with Gasteiger partial charge in [0.25, 0.3) is 0 Å². The van der Waals surface area contributed by atoms with Crippen LogP contribution in [0.25, 0.3) is 0 Å². The number of hydrogen-bond donors (Lipinski definition) is 9. The summed E-state index contributed by atoms with van der Waals surface area (Å²) in [6, 6.07) is 0. The standard InChI is InChI=1S/C13H26O17P2/c1-25-12-10(18)8(16)11(5(29-12)3-27-32(22,23)24)30-13-9(17)7(15)6(14)4(28-13)2-26-31(19,20)21/h4-18H,2-3H2,1H3,(H2,19,20,21)(H2,22,23,24)/t4-,5-,6-,7+,8-,9-,10-,11-,12-,13-/m1/s1. The van der Waals surface area contributed by atoms with Gasteiger partial charge in [0.2, 0.25) is 0 Å². The third-order valence-corrected chi connectivity index (χ3v) is 5.62. The molecule has 2 aliphatic heterocycles. The Morgan fingerprint density at radius 3 is 1.66 bits per heavy atom. The van der Waals surface area contributed by atoms with Gasteiger partial charge in [0.1, 0.15) is 48.8 Å². The van der Waals surface area contributed by atoms with Crippen LogP contribution < -0.4 is 0 Å². The van der Waals surface area contributed by atoms with Crippen molar-refractivity contribution >= 4 is 15.6 Å². The van der Waals surface area contributed by atoms with E-state index in [0.717, 1.165) is 7.11 Å². The van der Waals surface area contributed by atoms with Gasteiger partial charge < -0.3 is 64.1 Å². The summed E-state index contributed by atoms with van der Waals surface area (Å²) in [5.74, 6) is 0. The molecule has 17 nitrogen and oxygen atoms in total. The van der Waals surface area contributed by atoms with Gasteiger partial charge in [0, 0.05) is 7.11 Å². The summed E-state index contributed by atoms with van der Waals surface area (Å²) in [4.78, 5) is 35.4. The molecule has 19 heteroatoms. The molecule has 0 saturated carbocycles. The van der Waals surface area contributed by atoms with Crippen molar-refractivity contribution in [3.05, 3.63) is 0 Å². The third kappa shape index (κ3) is 7.43. The molecule has 0 aromatic heterocycles. The molecule has 0 aromatic carbocycles. The molecule has 0 spiro atoms. The number of aliphatic hydroxyl groups is 5. The molecular weight excluding hydrogens is 490 g/mol. The molecule has 0 radical (unpaired) electrons. The molecular formula is C13H26O17P2. The maximum Gasteiger partial charge on any atom is 0.469 e. The lowest BCUT2D eigenvalue weighted by Crippen LogP contribution is -2.64. The van der Waals surface area contributed by atoms with Gasteiger partial charge >= 0.3 is 15.6 Å².